The van der Waals surface area contributed by atoms with Crippen molar-refractivity contribution in [3.05, 3.63) is 23.3 Å². The van der Waals surface area contributed by atoms with Gasteiger partial charge in [0.25, 0.3) is 0 Å². The Kier molecular flexibility index (Phi) is 5.31. The Morgan fingerprint density at radius 1 is 1.24 bits per heavy atom. The Morgan fingerprint density at radius 2 is 1.92 bits per heavy atom. The minimum atomic E-state index is -0.576. The average Bonchev–Trinajstić information content (AvgIpc) is 2.60. The first-order valence-electron chi connectivity index (χ1n) is 9.63. The van der Waals surface area contributed by atoms with Crippen molar-refractivity contribution in [1.82, 2.24) is 4.90 Å². The van der Waals surface area contributed by atoms with Crippen LogP contribution in [0.15, 0.2) is 12.1 Å². The maximum Gasteiger partial charge on any atom is 0.161 e. The molecule has 1 fully saturated rings. The van der Waals surface area contributed by atoms with Crippen LogP contribution in [0.25, 0.3) is 0 Å². The number of hydrogen-bond acceptors (Lipinski definition) is 4. The highest BCUT2D eigenvalue weighted by Crippen LogP contribution is 2.47. The van der Waals surface area contributed by atoms with E-state index in [1.807, 2.05) is 0 Å². The summed E-state index contributed by atoms with van der Waals surface area (Å²) in [5, 5.41) is 11.4. The van der Waals surface area contributed by atoms with Crippen molar-refractivity contribution < 1.29 is 14.6 Å². The van der Waals surface area contributed by atoms with Gasteiger partial charge >= 0.3 is 0 Å². The normalized spacial score (nSPS) is 29.2. The topological polar surface area (TPSA) is 41.9 Å². The molecule has 1 N–H and O–H groups in total. The second-order valence-corrected chi connectivity index (χ2v) is 8.15. The zero-order valence-electron chi connectivity index (χ0n) is 16.3. The summed E-state index contributed by atoms with van der Waals surface area (Å²) in [7, 11) is 3.37. The molecule has 3 rings (SSSR count). The van der Waals surface area contributed by atoms with E-state index in [9.17, 15) is 5.11 Å². The first-order chi connectivity index (χ1) is 11.9. The van der Waals surface area contributed by atoms with Crippen LogP contribution in [-0.2, 0) is 6.42 Å². The largest absolute Gasteiger partial charge is 0.493 e. The molecule has 0 saturated carbocycles. The van der Waals surface area contributed by atoms with E-state index in [0.29, 0.717) is 11.8 Å². The van der Waals surface area contributed by atoms with Gasteiger partial charge in [0.05, 0.1) is 19.8 Å². The summed E-state index contributed by atoms with van der Waals surface area (Å²) in [6.45, 7) is 8.68. The van der Waals surface area contributed by atoms with Crippen molar-refractivity contribution in [3.63, 3.8) is 0 Å². The fourth-order valence-electron chi connectivity index (χ4n) is 4.79. The van der Waals surface area contributed by atoms with Crippen molar-refractivity contribution >= 4 is 0 Å². The van der Waals surface area contributed by atoms with E-state index in [4.69, 9.17) is 9.47 Å². The number of benzene rings is 1. The van der Waals surface area contributed by atoms with Gasteiger partial charge < -0.3 is 14.6 Å². The summed E-state index contributed by atoms with van der Waals surface area (Å²) < 4.78 is 11.0. The minimum Gasteiger partial charge on any atom is -0.493 e. The number of methoxy groups -OCH3 is 2. The van der Waals surface area contributed by atoms with E-state index in [2.05, 4.69) is 37.8 Å². The Labute approximate surface area is 152 Å². The summed E-state index contributed by atoms with van der Waals surface area (Å²) in [5.41, 5.74) is 2.06. The Bertz CT molecular complexity index is 615. The standard InChI is InChI=1S/C21H33NO3/c1-6-21(23)12-18-17-11-20(25-5)19(24-4)10-15(17)7-8-22(18)13-16(21)9-14(2)3/h10-11,14,16,18,23H,6-9,12-13H2,1-5H3/t16-,18+,21-/m0/s1. The molecule has 0 bridgehead atoms. The molecule has 4 heteroatoms. The van der Waals surface area contributed by atoms with Gasteiger partial charge in [-0.3, -0.25) is 4.90 Å². The molecule has 2 aliphatic rings. The third kappa shape index (κ3) is 3.39. The lowest BCUT2D eigenvalue weighted by molar-refractivity contribution is -0.105. The van der Waals surface area contributed by atoms with Crippen LogP contribution >= 0.6 is 0 Å². The number of aliphatic hydroxyl groups is 1. The Balaban J connectivity index is 1.95. The van der Waals surface area contributed by atoms with Gasteiger partial charge in [-0.2, -0.15) is 0 Å². The van der Waals surface area contributed by atoms with Crippen LogP contribution in [0.2, 0.25) is 0 Å². The van der Waals surface area contributed by atoms with Gasteiger partial charge in [0, 0.05) is 25.0 Å². The van der Waals surface area contributed by atoms with E-state index in [-0.39, 0.29) is 6.04 Å². The third-order valence-electron chi connectivity index (χ3n) is 6.24. The molecule has 1 aromatic rings. The highest BCUT2D eigenvalue weighted by molar-refractivity contribution is 5.49. The van der Waals surface area contributed by atoms with Crippen LogP contribution in [0.3, 0.4) is 0 Å². The van der Waals surface area contributed by atoms with Gasteiger partial charge in [-0.05, 0) is 54.9 Å². The van der Waals surface area contributed by atoms with Crippen LogP contribution in [0.4, 0.5) is 0 Å². The second-order valence-electron chi connectivity index (χ2n) is 8.15. The fourth-order valence-corrected chi connectivity index (χ4v) is 4.79. The zero-order chi connectivity index (χ0) is 18.2. The highest BCUT2D eigenvalue weighted by Gasteiger charge is 2.46. The van der Waals surface area contributed by atoms with Gasteiger partial charge in [0.2, 0.25) is 0 Å². The van der Waals surface area contributed by atoms with Gasteiger partial charge in [0.1, 0.15) is 0 Å². The molecule has 1 aromatic carbocycles. The first kappa shape index (κ1) is 18.5. The quantitative estimate of drug-likeness (QED) is 0.879. The predicted molar refractivity (Wildman–Crippen MR) is 100 cm³/mol. The summed E-state index contributed by atoms with van der Waals surface area (Å²) in [6.07, 6.45) is 3.75. The van der Waals surface area contributed by atoms with Gasteiger partial charge in [-0.25, -0.2) is 0 Å². The predicted octanol–water partition coefficient (Wildman–Crippen LogP) is 3.81. The molecule has 0 unspecified atom stereocenters. The molecule has 0 spiro atoms. The number of fused-ring (bicyclic) bond motifs is 3. The van der Waals surface area contributed by atoms with E-state index >= 15 is 0 Å². The lowest BCUT2D eigenvalue weighted by atomic mass is 9.70. The molecule has 0 aromatic heterocycles. The Morgan fingerprint density at radius 3 is 2.52 bits per heavy atom. The zero-order valence-corrected chi connectivity index (χ0v) is 16.3. The van der Waals surface area contributed by atoms with Crippen LogP contribution in [0.5, 0.6) is 11.5 Å². The maximum absolute atomic E-state index is 11.4. The monoisotopic (exact) mass is 347 g/mol. The number of hydrogen-bond donors (Lipinski definition) is 1. The number of nitrogens with zero attached hydrogens (tertiary/aromatic N) is 1. The molecule has 0 aliphatic carbocycles. The van der Waals surface area contributed by atoms with Gasteiger partial charge in [0.15, 0.2) is 11.5 Å². The molecular formula is C21H33NO3. The fraction of sp³-hybridized carbons (Fsp3) is 0.714. The average molecular weight is 347 g/mol. The molecular weight excluding hydrogens is 314 g/mol. The Hall–Kier alpha value is -1.26. The van der Waals surface area contributed by atoms with E-state index in [1.54, 1.807) is 14.2 Å². The minimum absolute atomic E-state index is 0.275. The number of ether oxygens (including phenoxy) is 2. The van der Waals surface area contributed by atoms with Gasteiger partial charge in [-0.15, -0.1) is 0 Å². The molecule has 25 heavy (non-hydrogen) atoms. The van der Waals surface area contributed by atoms with Gasteiger partial charge in [-0.1, -0.05) is 20.8 Å². The molecule has 0 radical (unpaired) electrons. The number of rotatable bonds is 5. The maximum atomic E-state index is 11.4. The third-order valence-corrected chi connectivity index (χ3v) is 6.24. The molecule has 2 heterocycles. The first-order valence-corrected chi connectivity index (χ1v) is 9.63. The van der Waals surface area contributed by atoms with Crippen molar-refractivity contribution in [2.45, 2.75) is 58.1 Å². The molecule has 0 amide bonds. The van der Waals surface area contributed by atoms with Crippen molar-refractivity contribution in [2.75, 3.05) is 27.3 Å². The molecule has 140 valence electrons. The van der Waals surface area contributed by atoms with Crippen LogP contribution in [0.1, 0.15) is 57.2 Å². The van der Waals surface area contributed by atoms with E-state index in [1.165, 1.54) is 11.1 Å². The lowest BCUT2D eigenvalue weighted by Crippen LogP contribution is -2.54. The van der Waals surface area contributed by atoms with E-state index in [0.717, 1.165) is 50.3 Å². The summed E-state index contributed by atoms with van der Waals surface area (Å²) in [5.74, 6) is 2.55. The highest BCUT2D eigenvalue weighted by atomic mass is 16.5. The second kappa shape index (κ2) is 7.16. The van der Waals surface area contributed by atoms with Crippen LogP contribution < -0.4 is 9.47 Å². The number of piperidine rings is 1. The van der Waals surface area contributed by atoms with Crippen molar-refractivity contribution in [1.29, 1.82) is 0 Å². The van der Waals surface area contributed by atoms with E-state index < -0.39 is 5.60 Å². The lowest BCUT2D eigenvalue weighted by Gasteiger charge is -2.51. The van der Waals surface area contributed by atoms with Crippen LogP contribution in [-0.4, -0.2) is 42.9 Å². The summed E-state index contributed by atoms with van der Waals surface area (Å²) in [4.78, 5) is 2.57. The molecule has 2 aliphatic heterocycles. The van der Waals surface area contributed by atoms with Crippen molar-refractivity contribution in [2.24, 2.45) is 11.8 Å². The summed E-state index contributed by atoms with van der Waals surface area (Å²) in [6, 6.07) is 4.53. The van der Waals surface area contributed by atoms with Crippen molar-refractivity contribution in [3.8, 4) is 11.5 Å². The SMILES string of the molecule is CC[C@]1(O)C[C@@H]2c3cc(OC)c(OC)cc3CCN2C[C@@H]1CC(C)C. The molecule has 1 saturated heterocycles. The smallest absolute Gasteiger partial charge is 0.161 e. The van der Waals surface area contributed by atoms with Crippen LogP contribution in [0, 0.1) is 11.8 Å². The summed E-state index contributed by atoms with van der Waals surface area (Å²) >= 11 is 0. The molecule has 3 atom stereocenters. The molecule has 4 nitrogen and oxygen atoms in total.